The van der Waals surface area contributed by atoms with Crippen molar-refractivity contribution >= 4 is 24.0 Å². The van der Waals surface area contributed by atoms with Gasteiger partial charge in [0.1, 0.15) is 0 Å². The molecular weight excluding hydrogens is 353 g/mol. The molecule has 1 N–H and O–H groups in total. The van der Waals surface area contributed by atoms with Crippen molar-refractivity contribution in [2.75, 3.05) is 20.8 Å². The molecule has 0 aliphatic carbocycles. The van der Waals surface area contributed by atoms with E-state index in [1.165, 1.54) is 6.42 Å². The number of piperidine rings is 1. The molecule has 1 fully saturated rings. The molecule has 132 valence electrons. The van der Waals surface area contributed by atoms with Crippen molar-refractivity contribution in [3.63, 3.8) is 0 Å². The number of benzene rings is 1. The molecule has 6 nitrogen and oxygen atoms in total. The second-order valence-corrected chi connectivity index (χ2v) is 6.24. The van der Waals surface area contributed by atoms with Gasteiger partial charge in [0.25, 0.3) is 0 Å². The summed E-state index contributed by atoms with van der Waals surface area (Å²) in [6, 6.07) is 3.53. The van der Waals surface area contributed by atoms with Crippen molar-refractivity contribution in [2.45, 2.75) is 31.7 Å². The summed E-state index contributed by atoms with van der Waals surface area (Å²) in [4.78, 5) is 4.55. The van der Waals surface area contributed by atoms with Crippen molar-refractivity contribution in [3.8, 4) is 22.9 Å². The van der Waals surface area contributed by atoms with Crippen LogP contribution in [-0.4, -0.2) is 30.9 Å². The zero-order chi connectivity index (χ0) is 16.4. The number of halogens is 2. The Morgan fingerprint density at radius 2 is 2.04 bits per heavy atom. The maximum Gasteiger partial charge on any atom is 0.246 e. The number of nitrogens with zero attached hydrogens (tertiary/aromatic N) is 2. The lowest BCUT2D eigenvalue weighted by atomic mass is 9.91. The van der Waals surface area contributed by atoms with Gasteiger partial charge in [0.05, 0.1) is 24.8 Å². The summed E-state index contributed by atoms with van der Waals surface area (Å²) in [5, 5.41) is 8.00. The fourth-order valence-corrected chi connectivity index (χ4v) is 3.14. The maximum atomic E-state index is 6.24. The minimum atomic E-state index is -0.274. The lowest BCUT2D eigenvalue weighted by molar-refractivity contribution is 0.207. The number of methoxy groups -OCH3 is 2. The summed E-state index contributed by atoms with van der Waals surface area (Å²) in [5.74, 6) is 2.10. The first-order valence-electron chi connectivity index (χ1n) is 7.58. The van der Waals surface area contributed by atoms with Gasteiger partial charge >= 0.3 is 0 Å². The van der Waals surface area contributed by atoms with Crippen LogP contribution in [0.1, 0.15) is 32.1 Å². The first-order chi connectivity index (χ1) is 11.1. The van der Waals surface area contributed by atoms with Gasteiger partial charge in [-0.25, -0.2) is 0 Å². The number of hydrogen-bond donors (Lipinski definition) is 1. The highest BCUT2D eigenvalue weighted by atomic mass is 35.5. The minimum absolute atomic E-state index is 0. The molecule has 3 rings (SSSR count). The third-order valence-electron chi connectivity index (χ3n) is 4.21. The van der Waals surface area contributed by atoms with Gasteiger partial charge < -0.3 is 19.3 Å². The highest BCUT2D eigenvalue weighted by Crippen LogP contribution is 2.39. The average molecular weight is 374 g/mol. The van der Waals surface area contributed by atoms with Crippen LogP contribution in [0.25, 0.3) is 11.4 Å². The molecule has 1 saturated heterocycles. The third kappa shape index (κ3) is 3.45. The van der Waals surface area contributed by atoms with E-state index in [0.717, 1.165) is 24.9 Å². The Morgan fingerprint density at radius 3 is 2.67 bits per heavy atom. The predicted molar refractivity (Wildman–Crippen MR) is 94.3 cm³/mol. The van der Waals surface area contributed by atoms with Gasteiger partial charge in [-0.05, 0) is 44.9 Å². The van der Waals surface area contributed by atoms with E-state index in [-0.39, 0.29) is 17.9 Å². The van der Waals surface area contributed by atoms with Crippen LogP contribution < -0.4 is 14.8 Å². The van der Waals surface area contributed by atoms with Crippen molar-refractivity contribution in [1.82, 2.24) is 15.5 Å². The first-order valence-corrected chi connectivity index (χ1v) is 7.96. The fourth-order valence-electron chi connectivity index (χ4n) is 2.85. The lowest BCUT2D eigenvalue weighted by Crippen LogP contribution is -2.43. The van der Waals surface area contributed by atoms with E-state index in [1.807, 2.05) is 0 Å². The molecule has 0 spiro atoms. The van der Waals surface area contributed by atoms with Gasteiger partial charge in [0.2, 0.25) is 11.7 Å². The Balaban J connectivity index is 0.00000208. The molecular formula is C16H21Cl2N3O3. The molecule has 2 aromatic rings. The first kappa shape index (κ1) is 18.8. The Morgan fingerprint density at radius 1 is 1.25 bits per heavy atom. The van der Waals surface area contributed by atoms with E-state index in [4.69, 9.17) is 25.6 Å². The van der Waals surface area contributed by atoms with Crippen LogP contribution in [0.3, 0.4) is 0 Å². The van der Waals surface area contributed by atoms with Crippen LogP contribution in [0.5, 0.6) is 11.5 Å². The number of ether oxygens (including phenoxy) is 2. The number of aromatic nitrogens is 2. The Kier molecular flexibility index (Phi) is 5.96. The molecule has 1 atom stereocenters. The largest absolute Gasteiger partial charge is 0.493 e. The second kappa shape index (κ2) is 7.59. The topological polar surface area (TPSA) is 69.4 Å². The molecule has 0 radical (unpaired) electrons. The van der Waals surface area contributed by atoms with Gasteiger partial charge in [-0.2, -0.15) is 4.98 Å². The standard InChI is InChI=1S/C16H20ClN3O3.ClH/c1-16(6-4-5-7-18-16)15-19-14(20-23-15)10-8-11(17)13(22-3)12(9-10)21-2;/h8-9,18H,4-7H2,1-3H3;1H. The predicted octanol–water partition coefficient (Wildman–Crippen LogP) is 3.82. The number of rotatable bonds is 4. The summed E-state index contributed by atoms with van der Waals surface area (Å²) in [6.07, 6.45) is 3.28. The third-order valence-corrected chi connectivity index (χ3v) is 4.49. The molecule has 1 aliphatic rings. The van der Waals surface area contributed by atoms with Gasteiger partial charge in [0.15, 0.2) is 11.5 Å². The van der Waals surface area contributed by atoms with E-state index in [9.17, 15) is 0 Å². The van der Waals surface area contributed by atoms with E-state index in [2.05, 4.69) is 22.4 Å². The van der Waals surface area contributed by atoms with Crippen LogP contribution in [0.15, 0.2) is 16.7 Å². The van der Waals surface area contributed by atoms with Crippen LogP contribution in [0.2, 0.25) is 5.02 Å². The van der Waals surface area contributed by atoms with Crippen LogP contribution in [0.4, 0.5) is 0 Å². The van der Waals surface area contributed by atoms with E-state index in [0.29, 0.717) is 28.2 Å². The molecule has 2 heterocycles. The highest BCUT2D eigenvalue weighted by Gasteiger charge is 2.34. The van der Waals surface area contributed by atoms with Crippen LogP contribution >= 0.6 is 24.0 Å². The summed E-state index contributed by atoms with van der Waals surface area (Å²) in [7, 11) is 3.11. The van der Waals surface area contributed by atoms with Gasteiger partial charge in [0, 0.05) is 5.56 Å². The molecule has 0 bridgehead atoms. The molecule has 1 unspecified atom stereocenters. The van der Waals surface area contributed by atoms with Crippen molar-refractivity contribution in [1.29, 1.82) is 0 Å². The van der Waals surface area contributed by atoms with E-state index < -0.39 is 0 Å². The zero-order valence-corrected chi connectivity index (χ0v) is 15.5. The molecule has 1 aromatic heterocycles. The van der Waals surface area contributed by atoms with Crippen molar-refractivity contribution in [2.24, 2.45) is 0 Å². The Labute approximate surface area is 152 Å². The molecule has 0 amide bonds. The smallest absolute Gasteiger partial charge is 0.246 e. The molecule has 24 heavy (non-hydrogen) atoms. The summed E-state index contributed by atoms with van der Waals surface area (Å²) >= 11 is 6.24. The quantitative estimate of drug-likeness (QED) is 0.878. The van der Waals surface area contributed by atoms with E-state index >= 15 is 0 Å². The second-order valence-electron chi connectivity index (χ2n) is 5.83. The number of nitrogens with one attached hydrogen (secondary N) is 1. The minimum Gasteiger partial charge on any atom is -0.493 e. The summed E-state index contributed by atoms with van der Waals surface area (Å²) in [6.45, 7) is 3.04. The van der Waals surface area contributed by atoms with Crippen molar-refractivity contribution < 1.29 is 14.0 Å². The molecule has 1 aliphatic heterocycles. The van der Waals surface area contributed by atoms with Gasteiger partial charge in [-0.3, -0.25) is 0 Å². The number of hydrogen-bond acceptors (Lipinski definition) is 6. The normalized spacial score (nSPS) is 20.3. The highest BCUT2D eigenvalue weighted by molar-refractivity contribution is 6.32. The Bertz CT molecular complexity index is 700. The monoisotopic (exact) mass is 373 g/mol. The molecule has 0 saturated carbocycles. The van der Waals surface area contributed by atoms with Gasteiger partial charge in [-0.15, -0.1) is 12.4 Å². The molecule has 8 heteroatoms. The Hall–Kier alpha value is -1.50. The van der Waals surface area contributed by atoms with Gasteiger partial charge in [-0.1, -0.05) is 16.8 Å². The van der Waals surface area contributed by atoms with Crippen LogP contribution in [-0.2, 0) is 5.54 Å². The summed E-state index contributed by atoms with van der Waals surface area (Å²) < 4.78 is 16.1. The van der Waals surface area contributed by atoms with Crippen molar-refractivity contribution in [3.05, 3.63) is 23.0 Å². The fraction of sp³-hybridized carbons (Fsp3) is 0.500. The lowest BCUT2D eigenvalue weighted by Gasteiger charge is -2.31. The average Bonchev–Trinajstić information content (AvgIpc) is 3.05. The summed E-state index contributed by atoms with van der Waals surface area (Å²) in [5.41, 5.74) is 0.450. The molecule has 1 aromatic carbocycles. The zero-order valence-electron chi connectivity index (χ0n) is 13.9. The maximum absolute atomic E-state index is 6.24. The SMILES string of the molecule is COc1cc(-c2noc(C3(C)CCCCN3)n2)cc(Cl)c1OC.Cl. The van der Waals surface area contributed by atoms with E-state index in [1.54, 1.807) is 26.4 Å². The van der Waals surface area contributed by atoms with Crippen LogP contribution in [0, 0.1) is 0 Å².